The lowest BCUT2D eigenvalue weighted by Gasteiger charge is -2.34. The van der Waals surface area contributed by atoms with E-state index in [1.807, 2.05) is 30.6 Å². The lowest BCUT2D eigenvalue weighted by Crippen LogP contribution is -2.52. The van der Waals surface area contributed by atoms with Gasteiger partial charge in [-0.2, -0.15) is 0 Å². The molecule has 3 aliphatic rings. The maximum atomic E-state index is 12.9. The van der Waals surface area contributed by atoms with E-state index in [2.05, 4.69) is 60.5 Å². The van der Waals surface area contributed by atoms with Gasteiger partial charge in [0.05, 0.1) is 0 Å². The fourth-order valence-corrected chi connectivity index (χ4v) is 6.93. The summed E-state index contributed by atoms with van der Waals surface area (Å²) in [6.07, 6.45) is 7.41. The van der Waals surface area contributed by atoms with Crippen molar-refractivity contribution < 1.29 is 28.6 Å². The van der Waals surface area contributed by atoms with Gasteiger partial charge in [-0.25, -0.2) is 4.98 Å². The Hall–Kier alpha value is -6.81. The molecule has 1 atom stereocenters. The van der Waals surface area contributed by atoms with Crippen LogP contribution < -0.4 is 19.5 Å². The van der Waals surface area contributed by atoms with Crippen LogP contribution in [-0.2, 0) is 16.1 Å². The molecule has 6 aromatic rings. The largest absolute Gasteiger partial charge is 0.481 e. The summed E-state index contributed by atoms with van der Waals surface area (Å²) in [4.78, 5) is 50.4. The highest BCUT2D eigenvalue weighted by Gasteiger charge is 2.39. The molecule has 1 unspecified atom stereocenters. The van der Waals surface area contributed by atoms with Crippen LogP contribution >= 0.6 is 0 Å². The Morgan fingerprint density at radius 1 is 0.830 bits per heavy atom. The van der Waals surface area contributed by atoms with Gasteiger partial charge in [0.2, 0.25) is 23.6 Å². The third-order valence-corrected chi connectivity index (χ3v) is 9.76. The zero-order valence-electron chi connectivity index (χ0n) is 28.2. The highest BCUT2D eigenvalue weighted by Crippen LogP contribution is 2.32. The molecular weight excluding hydrogens is 674 g/mol. The molecule has 1 aliphatic carbocycles. The van der Waals surface area contributed by atoms with Crippen molar-refractivity contribution in [1.82, 2.24) is 35.4 Å². The van der Waals surface area contributed by atoms with Crippen LogP contribution in [0.5, 0.6) is 17.5 Å². The molecule has 2 aliphatic heterocycles. The van der Waals surface area contributed by atoms with Crippen molar-refractivity contribution in [2.24, 2.45) is 0 Å². The molecule has 13 nitrogen and oxygen atoms in total. The number of ether oxygens (including phenoxy) is 3. The number of imide groups is 1. The lowest BCUT2D eigenvalue weighted by molar-refractivity contribution is -0.136. The Labute approximate surface area is 302 Å². The number of fused-ring (bicyclic) bond motifs is 4. The van der Waals surface area contributed by atoms with E-state index in [-0.39, 0.29) is 43.6 Å². The maximum absolute atomic E-state index is 12.9. The van der Waals surface area contributed by atoms with Crippen molar-refractivity contribution in [2.75, 3.05) is 6.61 Å². The van der Waals surface area contributed by atoms with Crippen molar-refractivity contribution in [3.8, 4) is 40.5 Å². The third-order valence-electron chi connectivity index (χ3n) is 9.76. The van der Waals surface area contributed by atoms with Gasteiger partial charge in [0.1, 0.15) is 36.3 Å². The monoisotopic (exact) mass is 705 g/mol. The number of carbonyl (C=O) groups is 3. The van der Waals surface area contributed by atoms with Crippen LogP contribution in [0.3, 0.4) is 0 Å². The van der Waals surface area contributed by atoms with Crippen LogP contribution in [0, 0.1) is 11.8 Å². The van der Waals surface area contributed by atoms with E-state index in [0.717, 1.165) is 38.5 Å². The Morgan fingerprint density at radius 3 is 2.49 bits per heavy atom. The number of pyridine rings is 2. The van der Waals surface area contributed by atoms with E-state index in [9.17, 15) is 14.4 Å². The van der Waals surface area contributed by atoms with Crippen molar-refractivity contribution in [1.29, 1.82) is 0 Å². The Bertz CT molecular complexity index is 2460. The fraction of sp³-hybridized carbons (Fsp3) is 0.225. The minimum Gasteiger partial charge on any atom is -0.481 e. The number of benzene rings is 2. The summed E-state index contributed by atoms with van der Waals surface area (Å²) in [7, 11) is 0. The van der Waals surface area contributed by atoms with Crippen LogP contribution in [0.15, 0.2) is 85.3 Å². The first-order valence-electron chi connectivity index (χ1n) is 17.3. The van der Waals surface area contributed by atoms with Crippen molar-refractivity contribution in [3.05, 3.63) is 102 Å². The second-order valence-electron chi connectivity index (χ2n) is 13.2. The summed E-state index contributed by atoms with van der Waals surface area (Å²) in [6.45, 7) is 0.376. The summed E-state index contributed by atoms with van der Waals surface area (Å²) in [6, 6.07) is 20.2. The summed E-state index contributed by atoms with van der Waals surface area (Å²) in [5.41, 5.74) is 5.95. The number of hydrogen-bond acceptors (Lipinski definition) is 10. The average Bonchev–Trinajstić information content (AvgIpc) is 3.69. The molecule has 6 heterocycles. The van der Waals surface area contributed by atoms with Crippen LogP contribution in [-0.4, -0.2) is 72.6 Å². The van der Waals surface area contributed by atoms with Crippen molar-refractivity contribution in [3.63, 3.8) is 0 Å². The van der Waals surface area contributed by atoms with E-state index in [1.54, 1.807) is 36.5 Å². The molecular formula is C40H31N7O6. The molecule has 262 valence electrons. The topological polar surface area (TPSA) is 162 Å². The van der Waals surface area contributed by atoms with E-state index in [1.165, 1.54) is 4.90 Å². The molecule has 0 radical (unpaired) electrons. The molecule has 9 rings (SSSR count). The first-order valence-corrected chi connectivity index (χ1v) is 17.3. The Kier molecular flexibility index (Phi) is 8.11. The molecule has 13 heteroatoms. The zero-order valence-corrected chi connectivity index (χ0v) is 28.2. The quantitative estimate of drug-likeness (QED) is 0.167. The SMILES string of the molecule is O=C1CCC(N2Cc3cc(OCC#Cc4ccc(O[C@H]5C[C@H](Oc6ccc(-c7ccc8c(c7)[nH]c7ccncc78)cn6)C5)nn4)ccc3C2=O)C(=O)N1. The number of hydrogen-bond donors (Lipinski definition) is 2. The highest BCUT2D eigenvalue weighted by atomic mass is 16.5. The predicted octanol–water partition coefficient (Wildman–Crippen LogP) is 4.75. The zero-order chi connectivity index (χ0) is 35.9. The molecule has 3 amide bonds. The van der Waals surface area contributed by atoms with Crippen LogP contribution in [0.1, 0.15) is 47.3 Å². The number of piperidine rings is 1. The fourth-order valence-electron chi connectivity index (χ4n) is 6.93. The third kappa shape index (κ3) is 6.46. The van der Waals surface area contributed by atoms with Gasteiger partial charge < -0.3 is 24.1 Å². The number of rotatable bonds is 8. The number of H-pyrrole nitrogens is 1. The molecule has 0 spiro atoms. The minimum absolute atomic E-state index is 0.00296. The second-order valence-corrected chi connectivity index (χ2v) is 13.2. The highest BCUT2D eigenvalue weighted by molar-refractivity contribution is 6.08. The van der Waals surface area contributed by atoms with E-state index in [0.29, 0.717) is 48.0 Å². The molecule has 2 aromatic carbocycles. The molecule has 1 saturated heterocycles. The number of nitrogens with zero attached hydrogens (tertiary/aromatic N) is 5. The normalized spacial score (nSPS) is 19.3. The van der Waals surface area contributed by atoms with Gasteiger partial charge >= 0.3 is 0 Å². The molecule has 0 bridgehead atoms. The van der Waals surface area contributed by atoms with Crippen molar-refractivity contribution >= 4 is 39.5 Å². The van der Waals surface area contributed by atoms with Crippen LogP contribution in [0.25, 0.3) is 32.9 Å². The van der Waals surface area contributed by atoms with Gasteiger partial charge in [0, 0.05) is 89.5 Å². The summed E-state index contributed by atoms with van der Waals surface area (Å²) < 4.78 is 17.8. The summed E-state index contributed by atoms with van der Waals surface area (Å²) >= 11 is 0. The van der Waals surface area contributed by atoms with Crippen LogP contribution in [0.2, 0.25) is 0 Å². The predicted molar refractivity (Wildman–Crippen MR) is 192 cm³/mol. The number of amides is 3. The van der Waals surface area contributed by atoms with E-state index < -0.39 is 11.9 Å². The van der Waals surface area contributed by atoms with Gasteiger partial charge in [0.15, 0.2) is 0 Å². The van der Waals surface area contributed by atoms with Gasteiger partial charge in [-0.05, 0) is 65.9 Å². The Morgan fingerprint density at radius 2 is 1.68 bits per heavy atom. The van der Waals surface area contributed by atoms with Crippen LogP contribution in [0.4, 0.5) is 0 Å². The Balaban J connectivity index is 0.724. The number of aromatic amines is 1. The van der Waals surface area contributed by atoms with E-state index in [4.69, 9.17) is 14.2 Å². The smallest absolute Gasteiger partial charge is 0.255 e. The standard InChI is InChI=1S/C40H31N7O6/c48-36-10-9-35(39(49)44-36)47-22-25-16-27(6-8-30(25)40(47)50)51-15-1-2-26-5-12-38(46-45-26)53-29-18-28(19-29)52-37-11-4-24(20-42-37)23-3-7-31-32-21-41-14-13-33(32)43-34(31)17-23/h3-8,11-14,16-17,20-21,28-29,35,43H,9-10,15,18-19,22H2,(H,44,48,49)/t28-,29-,35?. The molecule has 2 N–H and O–H groups in total. The molecule has 53 heavy (non-hydrogen) atoms. The molecule has 1 saturated carbocycles. The number of carbonyl (C=O) groups excluding carboxylic acids is 3. The van der Waals surface area contributed by atoms with Gasteiger partial charge in [-0.3, -0.25) is 24.7 Å². The molecule has 2 fully saturated rings. The molecule has 4 aromatic heterocycles. The second kappa shape index (κ2) is 13.4. The summed E-state index contributed by atoms with van der Waals surface area (Å²) in [5.74, 6) is 6.42. The first-order chi connectivity index (χ1) is 25.9. The van der Waals surface area contributed by atoms with Crippen molar-refractivity contribution in [2.45, 2.75) is 50.5 Å². The van der Waals surface area contributed by atoms with Gasteiger partial charge in [-0.1, -0.05) is 18.1 Å². The number of nitrogens with one attached hydrogen (secondary N) is 2. The van der Waals surface area contributed by atoms with E-state index >= 15 is 0 Å². The van der Waals surface area contributed by atoms with Gasteiger partial charge in [0.25, 0.3) is 5.91 Å². The lowest BCUT2D eigenvalue weighted by atomic mass is 9.92. The average molecular weight is 706 g/mol. The summed E-state index contributed by atoms with van der Waals surface area (Å²) in [5, 5.41) is 12.9. The minimum atomic E-state index is -0.661. The first kappa shape index (κ1) is 32.1. The van der Waals surface area contributed by atoms with Gasteiger partial charge in [-0.15, -0.1) is 10.2 Å². The number of aromatic nitrogens is 5. The maximum Gasteiger partial charge on any atom is 0.255 e.